The standard InChI is InChI=1S/C15H20N2O3S/c1-10(2)14-17(12(9-21-14)15(19)20)13(18)8-16-11-6-4-3-5-7-11/h3-7,10,12,14,16H,8-9H2,1-2H3,(H,19,20). The van der Waals surface area contributed by atoms with Crippen LogP contribution in [-0.4, -0.2) is 45.6 Å². The number of nitrogens with one attached hydrogen (secondary N) is 1. The number of carbonyl (C=O) groups is 2. The van der Waals surface area contributed by atoms with Gasteiger partial charge in [0.25, 0.3) is 0 Å². The van der Waals surface area contributed by atoms with Crippen LogP contribution in [0.3, 0.4) is 0 Å². The Balaban J connectivity index is 2.05. The molecule has 21 heavy (non-hydrogen) atoms. The van der Waals surface area contributed by atoms with E-state index in [9.17, 15) is 14.7 Å². The Bertz CT molecular complexity index is 507. The van der Waals surface area contributed by atoms with Crippen LogP contribution < -0.4 is 5.32 Å². The van der Waals surface area contributed by atoms with Crippen LogP contribution >= 0.6 is 11.8 Å². The molecule has 0 aliphatic carbocycles. The number of para-hydroxylation sites is 1. The molecule has 1 aromatic carbocycles. The highest BCUT2D eigenvalue weighted by Crippen LogP contribution is 2.34. The number of carboxylic acids is 1. The Morgan fingerprint density at radius 2 is 2.05 bits per heavy atom. The van der Waals surface area contributed by atoms with E-state index in [4.69, 9.17) is 0 Å². The Hall–Kier alpha value is -1.69. The van der Waals surface area contributed by atoms with Gasteiger partial charge in [-0.2, -0.15) is 0 Å². The lowest BCUT2D eigenvalue weighted by Gasteiger charge is -2.30. The third-order valence-corrected chi connectivity index (χ3v) is 5.02. The summed E-state index contributed by atoms with van der Waals surface area (Å²) in [5.41, 5.74) is 0.852. The molecule has 0 bridgehead atoms. The first-order chi connectivity index (χ1) is 10.0. The average molecular weight is 308 g/mol. The fraction of sp³-hybridized carbons (Fsp3) is 0.467. The van der Waals surface area contributed by atoms with Gasteiger partial charge in [-0.15, -0.1) is 11.8 Å². The molecule has 0 spiro atoms. The van der Waals surface area contributed by atoms with Crippen molar-refractivity contribution in [2.45, 2.75) is 25.3 Å². The number of carboxylic acid groups (broad SMARTS) is 1. The molecule has 1 aliphatic rings. The van der Waals surface area contributed by atoms with Gasteiger partial charge in [-0.1, -0.05) is 32.0 Å². The number of carbonyl (C=O) groups excluding carboxylic acids is 1. The first-order valence-corrected chi connectivity index (χ1v) is 8.00. The zero-order chi connectivity index (χ0) is 15.4. The summed E-state index contributed by atoms with van der Waals surface area (Å²) in [6.45, 7) is 4.12. The van der Waals surface area contributed by atoms with Crippen molar-refractivity contribution in [1.82, 2.24) is 4.90 Å². The molecule has 6 heteroatoms. The van der Waals surface area contributed by atoms with Crippen molar-refractivity contribution in [3.8, 4) is 0 Å². The minimum atomic E-state index is -0.932. The third-order valence-electron chi connectivity index (χ3n) is 3.40. The van der Waals surface area contributed by atoms with Crippen molar-refractivity contribution < 1.29 is 14.7 Å². The van der Waals surface area contributed by atoms with E-state index < -0.39 is 12.0 Å². The fourth-order valence-corrected chi connectivity index (χ4v) is 3.86. The van der Waals surface area contributed by atoms with E-state index in [1.807, 2.05) is 44.2 Å². The van der Waals surface area contributed by atoms with Crippen molar-refractivity contribution >= 4 is 29.3 Å². The smallest absolute Gasteiger partial charge is 0.327 e. The molecule has 1 aromatic rings. The van der Waals surface area contributed by atoms with E-state index in [2.05, 4.69) is 5.32 Å². The molecule has 2 rings (SSSR count). The Morgan fingerprint density at radius 1 is 1.38 bits per heavy atom. The number of aliphatic carboxylic acids is 1. The first kappa shape index (κ1) is 15.7. The van der Waals surface area contributed by atoms with Crippen LogP contribution in [0.1, 0.15) is 13.8 Å². The largest absolute Gasteiger partial charge is 0.480 e. The molecule has 0 radical (unpaired) electrons. The van der Waals surface area contributed by atoms with Gasteiger partial charge >= 0.3 is 5.97 Å². The number of rotatable bonds is 5. The minimum Gasteiger partial charge on any atom is -0.480 e. The predicted molar refractivity (Wildman–Crippen MR) is 84.3 cm³/mol. The highest BCUT2D eigenvalue weighted by Gasteiger charge is 2.42. The average Bonchev–Trinajstić information content (AvgIpc) is 2.91. The highest BCUT2D eigenvalue weighted by atomic mass is 32.2. The Kier molecular flexibility index (Phi) is 5.12. The quantitative estimate of drug-likeness (QED) is 0.872. The minimum absolute atomic E-state index is 0.0730. The lowest BCUT2D eigenvalue weighted by Crippen LogP contribution is -2.49. The first-order valence-electron chi connectivity index (χ1n) is 6.95. The summed E-state index contributed by atoms with van der Waals surface area (Å²) in [7, 11) is 0. The molecule has 2 atom stereocenters. The van der Waals surface area contributed by atoms with Gasteiger partial charge in [-0.3, -0.25) is 4.79 Å². The summed E-state index contributed by atoms with van der Waals surface area (Å²) in [4.78, 5) is 25.3. The second-order valence-corrected chi connectivity index (χ2v) is 6.49. The van der Waals surface area contributed by atoms with Gasteiger partial charge in [0, 0.05) is 11.4 Å². The van der Waals surface area contributed by atoms with Crippen LogP contribution in [0, 0.1) is 5.92 Å². The molecular weight excluding hydrogens is 288 g/mol. The van der Waals surface area contributed by atoms with Gasteiger partial charge in [0.05, 0.1) is 11.9 Å². The topological polar surface area (TPSA) is 69.6 Å². The van der Waals surface area contributed by atoms with E-state index in [0.29, 0.717) is 5.75 Å². The molecule has 2 N–H and O–H groups in total. The normalized spacial score (nSPS) is 21.6. The van der Waals surface area contributed by atoms with Gasteiger partial charge in [0.2, 0.25) is 5.91 Å². The second-order valence-electron chi connectivity index (χ2n) is 5.34. The molecule has 1 amide bonds. The lowest BCUT2D eigenvalue weighted by atomic mass is 10.1. The summed E-state index contributed by atoms with van der Waals surface area (Å²) in [5.74, 6) is -0.427. The monoisotopic (exact) mass is 308 g/mol. The highest BCUT2D eigenvalue weighted by molar-refractivity contribution is 8.00. The SMILES string of the molecule is CC(C)C1SCC(C(=O)O)N1C(=O)CNc1ccccc1. The Labute approximate surface area is 128 Å². The van der Waals surface area contributed by atoms with Crippen molar-refractivity contribution in [2.75, 3.05) is 17.6 Å². The number of nitrogens with zero attached hydrogens (tertiary/aromatic N) is 1. The van der Waals surface area contributed by atoms with E-state index in [1.165, 1.54) is 4.90 Å². The van der Waals surface area contributed by atoms with Gasteiger partial charge in [-0.05, 0) is 18.1 Å². The molecule has 0 aromatic heterocycles. The summed E-state index contributed by atoms with van der Waals surface area (Å²) in [5, 5.41) is 12.3. The number of hydrogen-bond acceptors (Lipinski definition) is 4. The van der Waals surface area contributed by atoms with E-state index in [0.717, 1.165) is 5.69 Å². The van der Waals surface area contributed by atoms with Gasteiger partial charge in [-0.25, -0.2) is 4.79 Å². The molecule has 1 fully saturated rings. The van der Waals surface area contributed by atoms with Crippen molar-refractivity contribution in [2.24, 2.45) is 5.92 Å². The van der Waals surface area contributed by atoms with E-state index >= 15 is 0 Å². The number of amides is 1. The number of anilines is 1. The van der Waals surface area contributed by atoms with Crippen LogP contribution in [0.15, 0.2) is 30.3 Å². The summed E-state index contributed by atoms with van der Waals surface area (Å²) in [6, 6.07) is 8.69. The Morgan fingerprint density at radius 3 is 2.62 bits per heavy atom. The van der Waals surface area contributed by atoms with Crippen molar-refractivity contribution in [3.05, 3.63) is 30.3 Å². The molecule has 1 heterocycles. The molecule has 1 aliphatic heterocycles. The summed E-state index contributed by atoms with van der Waals surface area (Å²) in [6.07, 6.45) is 0. The zero-order valence-electron chi connectivity index (χ0n) is 12.2. The van der Waals surface area contributed by atoms with Crippen LogP contribution in [0.2, 0.25) is 0 Å². The summed E-state index contributed by atoms with van der Waals surface area (Å²) < 4.78 is 0. The van der Waals surface area contributed by atoms with Crippen LogP contribution in [-0.2, 0) is 9.59 Å². The second kappa shape index (κ2) is 6.85. The van der Waals surface area contributed by atoms with Gasteiger partial charge < -0.3 is 15.3 Å². The number of thioether (sulfide) groups is 1. The van der Waals surface area contributed by atoms with Crippen LogP contribution in [0.5, 0.6) is 0 Å². The van der Waals surface area contributed by atoms with Crippen LogP contribution in [0.4, 0.5) is 5.69 Å². The molecular formula is C15H20N2O3S. The van der Waals surface area contributed by atoms with Crippen molar-refractivity contribution in [1.29, 1.82) is 0 Å². The van der Waals surface area contributed by atoms with Crippen LogP contribution in [0.25, 0.3) is 0 Å². The van der Waals surface area contributed by atoms with Gasteiger partial charge in [0.15, 0.2) is 0 Å². The van der Waals surface area contributed by atoms with Crippen molar-refractivity contribution in [3.63, 3.8) is 0 Å². The molecule has 1 saturated heterocycles. The molecule has 0 saturated carbocycles. The maximum Gasteiger partial charge on any atom is 0.327 e. The third kappa shape index (κ3) is 3.69. The lowest BCUT2D eigenvalue weighted by molar-refractivity contribution is -0.148. The number of benzene rings is 1. The zero-order valence-corrected chi connectivity index (χ0v) is 13.0. The number of hydrogen-bond donors (Lipinski definition) is 2. The van der Waals surface area contributed by atoms with Gasteiger partial charge in [0.1, 0.15) is 6.04 Å². The molecule has 114 valence electrons. The molecule has 5 nitrogen and oxygen atoms in total. The predicted octanol–water partition coefficient (Wildman–Crippen LogP) is 2.11. The fourth-order valence-electron chi connectivity index (χ4n) is 2.37. The van der Waals surface area contributed by atoms with E-state index in [1.54, 1.807) is 11.8 Å². The van der Waals surface area contributed by atoms with E-state index in [-0.39, 0.29) is 23.7 Å². The maximum absolute atomic E-state index is 12.4. The molecule has 2 unspecified atom stereocenters. The maximum atomic E-state index is 12.4. The summed E-state index contributed by atoms with van der Waals surface area (Å²) >= 11 is 1.54.